The van der Waals surface area contributed by atoms with Gasteiger partial charge in [-0.25, -0.2) is 9.82 Å². The molecule has 1 aromatic rings. The largest absolute Gasteiger partial charge is 0.510 e. The Hall–Kier alpha value is -3.52. The second-order valence-corrected chi connectivity index (χ2v) is 9.58. The number of phenols is 1. The quantitative estimate of drug-likeness (QED) is 0.187. The van der Waals surface area contributed by atoms with Gasteiger partial charge in [-0.3, -0.25) is 19.4 Å². The number of Topliss-reactive ketones (excluding diaryl/α,β-unsaturated/α-hetero) is 1. The van der Waals surface area contributed by atoms with Crippen LogP contribution < -0.4 is 22.2 Å². The minimum Gasteiger partial charge on any atom is -0.510 e. The van der Waals surface area contributed by atoms with Crippen LogP contribution in [0.4, 0.5) is 10.1 Å². The molecule has 0 radical (unpaired) electrons. The van der Waals surface area contributed by atoms with Gasteiger partial charge in [-0.2, -0.15) is 0 Å². The molecule has 0 saturated heterocycles. The van der Waals surface area contributed by atoms with Crippen LogP contribution in [0, 0.1) is 17.7 Å². The van der Waals surface area contributed by atoms with Crippen molar-refractivity contribution < 1.29 is 39.2 Å². The van der Waals surface area contributed by atoms with Crippen LogP contribution >= 0.6 is 0 Å². The minimum absolute atomic E-state index is 0.0206. The number of phenolic OH excluding ortho intramolecular Hbond substituents is 1. The predicted molar refractivity (Wildman–Crippen MR) is 125 cm³/mol. The van der Waals surface area contributed by atoms with E-state index in [4.69, 9.17) is 11.5 Å². The number of benzene rings is 1. The van der Waals surface area contributed by atoms with E-state index in [-0.39, 0.29) is 41.8 Å². The highest BCUT2D eigenvalue weighted by Gasteiger charge is 2.59. The van der Waals surface area contributed by atoms with Gasteiger partial charge >= 0.3 is 0 Å². The summed E-state index contributed by atoms with van der Waals surface area (Å²) in [5.41, 5.74) is 10.4. The number of rotatable bonds is 5. The molecule has 3 aliphatic carbocycles. The van der Waals surface area contributed by atoms with Crippen LogP contribution in [0.3, 0.4) is 0 Å². The first-order valence-electron chi connectivity index (χ1n) is 11.2. The Morgan fingerprint density at radius 3 is 2.56 bits per heavy atom. The normalized spacial score (nSPS) is 27.5. The molecule has 0 aliphatic heterocycles. The first-order valence-corrected chi connectivity index (χ1v) is 11.2. The number of anilines is 1. The highest BCUT2D eigenvalue weighted by atomic mass is 19.1. The number of primary amides is 1. The number of carbonyl (C=O) groups excluding carboxylic acids is 3. The van der Waals surface area contributed by atoms with Crippen LogP contribution in [0.5, 0.6) is 5.75 Å². The molecular weight excluding hydrogens is 477 g/mol. The van der Waals surface area contributed by atoms with Crippen molar-refractivity contribution in [2.75, 3.05) is 26.0 Å². The molecule has 0 heterocycles. The Kier molecular flexibility index (Phi) is 6.29. The smallest absolute Gasteiger partial charge is 0.248 e. The zero-order valence-electron chi connectivity index (χ0n) is 19.6. The number of nitrogens with two attached hydrogens (primary N) is 2. The summed E-state index contributed by atoms with van der Waals surface area (Å²) in [5, 5.41) is 47.4. The third-order valence-electron chi connectivity index (χ3n) is 7.13. The van der Waals surface area contributed by atoms with Crippen molar-refractivity contribution in [2.24, 2.45) is 23.3 Å². The topological polar surface area (TPSA) is 211 Å². The van der Waals surface area contributed by atoms with E-state index < -0.39 is 76.2 Å². The highest BCUT2D eigenvalue weighted by Crippen LogP contribution is 2.52. The van der Waals surface area contributed by atoms with E-state index in [1.54, 1.807) is 14.1 Å². The van der Waals surface area contributed by atoms with Crippen molar-refractivity contribution in [3.8, 4) is 5.75 Å². The van der Waals surface area contributed by atoms with Crippen LogP contribution in [0.1, 0.15) is 24.0 Å². The standard InChI is InChI=1S/C23H28FN5O7/c1-29(2)27-7-14(30)28-13-5-12(24)9-3-8-4-11-17(25)18(31)10(22(26)35)6-23(11,36)21(34)15(8)20(33)16(9)19(13)32/h5,8,11,17,27,31-33,36H,3-4,6-7,25H2,1-2H3,(H2,26,35)(H,28,30)/t8-,11-,17-,23-/m0/s1. The highest BCUT2D eigenvalue weighted by molar-refractivity contribution is 6.10. The third-order valence-corrected chi connectivity index (χ3v) is 7.13. The van der Waals surface area contributed by atoms with E-state index in [0.29, 0.717) is 0 Å². The Bertz CT molecular complexity index is 1240. The second kappa shape index (κ2) is 8.85. The minimum atomic E-state index is -2.26. The van der Waals surface area contributed by atoms with Gasteiger partial charge in [0.25, 0.3) is 0 Å². The molecule has 3 aliphatic rings. The summed E-state index contributed by atoms with van der Waals surface area (Å²) in [6.45, 7) is -0.185. The van der Waals surface area contributed by atoms with Gasteiger partial charge in [0.15, 0.2) is 11.5 Å². The number of fused-ring (bicyclic) bond motifs is 3. The maximum atomic E-state index is 15.1. The molecule has 1 aromatic carbocycles. The lowest BCUT2D eigenvalue weighted by molar-refractivity contribution is -0.147. The van der Waals surface area contributed by atoms with E-state index in [1.807, 2.05) is 0 Å². The van der Waals surface area contributed by atoms with Crippen LogP contribution in [0.15, 0.2) is 23.0 Å². The number of aromatic hydroxyl groups is 1. The van der Waals surface area contributed by atoms with Crippen molar-refractivity contribution in [3.63, 3.8) is 0 Å². The van der Waals surface area contributed by atoms with Crippen LogP contribution in [-0.2, 0) is 20.8 Å². The second-order valence-electron chi connectivity index (χ2n) is 9.58. The molecule has 0 spiro atoms. The lowest BCUT2D eigenvalue weighted by Crippen LogP contribution is -2.62. The molecule has 1 fully saturated rings. The van der Waals surface area contributed by atoms with Gasteiger partial charge in [0.2, 0.25) is 11.8 Å². The molecule has 4 atom stereocenters. The molecule has 4 rings (SSSR count). The number of nitrogens with zero attached hydrogens (tertiary/aromatic N) is 1. The number of hydrogen-bond donors (Lipinski definition) is 8. The molecule has 194 valence electrons. The number of aliphatic hydroxyl groups excluding tert-OH is 2. The molecule has 2 amide bonds. The SMILES string of the molecule is CN(C)NCC(=O)Nc1cc(F)c2c(c1O)C(O)=C1C(=O)[C@]3(O)CC(C(N)=O)=C(O)[C@@H](N)[C@@H]3C[C@@H]1C2. The van der Waals surface area contributed by atoms with E-state index in [1.165, 1.54) is 5.01 Å². The summed E-state index contributed by atoms with van der Waals surface area (Å²) in [7, 11) is 3.32. The fourth-order valence-corrected chi connectivity index (χ4v) is 5.35. The summed E-state index contributed by atoms with van der Waals surface area (Å²) in [4.78, 5) is 37.5. The summed E-state index contributed by atoms with van der Waals surface area (Å²) in [6.07, 6.45) is -0.757. The van der Waals surface area contributed by atoms with Crippen molar-refractivity contribution in [3.05, 3.63) is 39.9 Å². The number of hydrogen-bond acceptors (Lipinski definition) is 10. The number of halogens is 1. The van der Waals surface area contributed by atoms with Gasteiger partial charge in [0, 0.05) is 43.6 Å². The predicted octanol–water partition coefficient (Wildman–Crippen LogP) is -0.674. The fourth-order valence-electron chi connectivity index (χ4n) is 5.35. The summed E-state index contributed by atoms with van der Waals surface area (Å²) in [5.74, 6) is -7.19. The number of ketones is 1. The van der Waals surface area contributed by atoms with Crippen molar-refractivity contribution in [1.29, 1.82) is 0 Å². The maximum Gasteiger partial charge on any atom is 0.248 e. The average Bonchev–Trinajstić information content (AvgIpc) is 2.79. The fraction of sp³-hybridized carbons (Fsp3) is 0.435. The van der Waals surface area contributed by atoms with Gasteiger partial charge in [-0.1, -0.05) is 0 Å². The van der Waals surface area contributed by atoms with E-state index in [9.17, 15) is 34.8 Å². The van der Waals surface area contributed by atoms with Crippen LogP contribution in [0.2, 0.25) is 0 Å². The Balaban J connectivity index is 1.77. The summed E-state index contributed by atoms with van der Waals surface area (Å²) >= 11 is 0. The Morgan fingerprint density at radius 2 is 1.94 bits per heavy atom. The van der Waals surface area contributed by atoms with Crippen LogP contribution in [-0.4, -0.2) is 75.3 Å². The number of amides is 2. The number of carbonyl (C=O) groups is 3. The van der Waals surface area contributed by atoms with Gasteiger partial charge < -0.3 is 37.2 Å². The molecular formula is C23H28FN5O7. The first-order chi connectivity index (χ1) is 16.8. The number of aliphatic hydroxyl groups is 3. The molecule has 0 bridgehead atoms. The number of hydrazine groups is 1. The van der Waals surface area contributed by atoms with E-state index >= 15 is 4.39 Å². The lowest BCUT2D eigenvalue weighted by atomic mass is 9.58. The third kappa shape index (κ3) is 3.89. The van der Waals surface area contributed by atoms with Crippen LogP contribution in [0.25, 0.3) is 5.76 Å². The monoisotopic (exact) mass is 505 g/mol. The van der Waals surface area contributed by atoms with Crippen molar-refractivity contribution >= 4 is 29.0 Å². The molecule has 36 heavy (non-hydrogen) atoms. The van der Waals surface area contributed by atoms with Crippen molar-refractivity contribution in [1.82, 2.24) is 10.4 Å². The summed E-state index contributed by atoms with van der Waals surface area (Å²) in [6, 6.07) is -0.368. The van der Waals surface area contributed by atoms with Gasteiger partial charge in [0.1, 0.15) is 22.9 Å². The molecule has 10 N–H and O–H groups in total. The molecule has 0 aromatic heterocycles. The zero-order chi connectivity index (χ0) is 26.7. The average molecular weight is 506 g/mol. The molecule has 13 heteroatoms. The van der Waals surface area contributed by atoms with E-state index in [0.717, 1.165) is 6.07 Å². The summed E-state index contributed by atoms with van der Waals surface area (Å²) < 4.78 is 15.1. The number of nitrogens with one attached hydrogen (secondary N) is 2. The van der Waals surface area contributed by atoms with Gasteiger partial charge in [-0.05, 0) is 18.8 Å². The zero-order valence-corrected chi connectivity index (χ0v) is 19.6. The molecule has 0 unspecified atom stereocenters. The Morgan fingerprint density at radius 1 is 1.28 bits per heavy atom. The van der Waals surface area contributed by atoms with Crippen molar-refractivity contribution in [2.45, 2.75) is 30.9 Å². The Labute approximate surface area is 205 Å². The lowest BCUT2D eigenvalue weighted by Gasteiger charge is -2.49. The molecule has 12 nitrogen and oxygen atoms in total. The van der Waals surface area contributed by atoms with E-state index in [2.05, 4.69) is 10.7 Å². The van der Waals surface area contributed by atoms with Gasteiger partial charge in [0.05, 0.1) is 29.4 Å². The first kappa shape index (κ1) is 25.6. The maximum absolute atomic E-state index is 15.1. The van der Waals surface area contributed by atoms with Gasteiger partial charge in [-0.15, -0.1) is 0 Å². The molecule has 1 saturated carbocycles.